The van der Waals surface area contributed by atoms with Crippen molar-refractivity contribution in [3.8, 4) is 0 Å². The van der Waals surface area contributed by atoms with Gasteiger partial charge >= 0.3 is 11.8 Å². The molecule has 0 saturated carbocycles. The molecule has 2 N–H and O–H groups in total. The molecule has 1 rings (SSSR count). The van der Waals surface area contributed by atoms with Crippen LogP contribution in [-0.4, -0.2) is 24.3 Å². The van der Waals surface area contributed by atoms with E-state index >= 15 is 0 Å². The molecule has 10 heavy (non-hydrogen) atoms. The second kappa shape index (κ2) is 2.47. The zero-order chi connectivity index (χ0) is 7.56. The number of amides is 2. The monoisotopic (exact) mass is 141 g/mol. The van der Waals surface area contributed by atoms with E-state index in [1.165, 1.54) is 0 Å². The van der Waals surface area contributed by atoms with Crippen molar-refractivity contribution >= 4 is 18.1 Å². The van der Waals surface area contributed by atoms with E-state index in [-0.39, 0.29) is 6.42 Å². The first-order valence-electron chi connectivity index (χ1n) is 2.70. The fourth-order valence-electron chi connectivity index (χ4n) is 0.669. The van der Waals surface area contributed by atoms with Crippen LogP contribution in [0.5, 0.6) is 0 Å². The van der Waals surface area contributed by atoms with E-state index in [0.29, 0.717) is 0 Å². The van der Waals surface area contributed by atoms with Gasteiger partial charge in [0, 0.05) is 0 Å². The lowest BCUT2D eigenvalue weighted by molar-refractivity contribution is -0.135. The molecular weight excluding hydrogens is 136 g/mol. The zero-order valence-corrected chi connectivity index (χ0v) is 5.01. The highest BCUT2D eigenvalue weighted by molar-refractivity contribution is 6.37. The summed E-state index contributed by atoms with van der Waals surface area (Å²) >= 11 is 0. The normalized spacial score (nSPS) is 18.4. The van der Waals surface area contributed by atoms with Crippen LogP contribution in [-0.2, 0) is 14.4 Å². The fraction of sp³-hybridized carbons (Fsp3) is 0.400. The molecule has 2 amide bonds. The molecule has 1 radical (unpaired) electrons. The highest BCUT2D eigenvalue weighted by Crippen LogP contribution is 1.91. The van der Waals surface area contributed by atoms with E-state index in [0.717, 1.165) is 0 Å². The average molecular weight is 141 g/mol. The first-order chi connectivity index (χ1) is 4.74. The molecular formula is C5H5N2O3. The molecule has 5 nitrogen and oxygen atoms in total. The van der Waals surface area contributed by atoms with Gasteiger partial charge in [-0.1, -0.05) is 0 Å². The van der Waals surface area contributed by atoms with Gasteiger partial charge < -0.3 is 10.6 Å². The summed E-state index contributed by atoms with van der Waals surface area (Å²) in [7, 11) is 0. The summed E-state index contributed by atoms with van der Waals surface area (Å²) in [5.74, 6) is -1.39. The summed E-state index contributed by atoms with van der Waals surface area (Å²) in [6.45, 7) is 0. The molecule has 0 atom stereocenters. The number of nitrogens with one attached hydrogen (secondary N) is 2. The van der Waals surface area contributed by atoms with Crippen molar-refractivity contribution in [3.63, 3.8) is 0 Å². The number of hydrogen-bond donors (Lipinski definition) is 2. The Bertz CT molecular complexity index is 173. The molecule has 0 bridgehead atoms. The lowest BCUT2D eigenvalue weighted by Gasteiger charge is -2.01. The molecule has 0 aromatic carbocycles. The van der Waals surface area contributed by atoms with Crippen molar-refractivity contribution in [3.05, 3.63) is 0 Å². The van der Waals surface area contributed by atoms with E-state index < -0.39 is 18.0 Å². The molecule has 5 heteroatoms. The summed E-state index contributed by atoms with van der Waals surface area (Å²) in [6.07, 6.45) is 1.01. The Labute approximate surface area is 56.8 Å². The van der Waals surface area contributed by atoms with Gasteiger partial charge in [-0.3, -0.25) is 14.4 Å². The maximum atomic E-state index is 10.4. The second-order valence-corrected chi connectivity index (χ2v) is 1.85. The number of hydrogen-bond acceptors (Lipinski definition) is 3. The van der Waals surface area contributed by atoms with Crippen LogP contribution in [0, 0.1) is 0 Å². The van der Waals surface area contributed by atoms with Crippen molar-refractivity contribution in [2.24, 2.45) is 0 Å². The minimum absolute atomic E-state index is 0.00250. The number of carbonyl (C=O) groups excluding carboxylic acids is 3. The Morgan fingerprint density at radius 1 is 1.30 bits per heavy atom. The maximum Gasteiger partial charge on any atom is 0.310 e. The molecule has 1 fully saturated rings. The Morgan fingerprint density at radius 2 is 1.80 bits per heavy atom. The Kier molecular flexibility index (Phi) is 1.66. The van der Waals surface area contributed by atoms with Gasteiger partial charge in [0.2, 0.25) is 6.29 Å². The van der Waals surface area contributed by atoms with Gasteiger partial charge in [0.25, 0.3) is 0 Å². The Balaban J connectivity index is 2.48. The first-order valence-corrected chi connectivity index (χ1v) is 2.70. The van der Waals surface area contributed by atoms with Crippen molar-refractivity contribution in [1.82, 2.24) is 10.6 Å². The molecule has 0 unspecified atom stereocenters. The Hall–Kier alpha value is -1.39. The number of carbonyl (C=O) groups is 2. The molecule has 53 valence electrons. The van der Waals surface area contributed by atoms with Crippen molar-refractivity contribution < 1.29 is 14.4 Å². The third-order valence-electron chi connectivity index (χ3n) is 1.10. The molecule has 0 aromatic rings. The molecule has 1 aliphatic rings. The van der Waals surface area contributed by atoms with Crippen molar-refractivity contribution in [1.29, 1.82) is 0 Å². The van der Waals surface area contributed by atoms with E-state index in [1.54, 1.807) is 6.29 Å². The SMILES string of the molecule is O=[C]CC1NC(=O)C(=O)N1. The highest BCUT2D eigenvalue weighted by Gasteiger charge is 2.27. The quantitative estimate of drug-likeness (QED) is 0.439. The van der Waals surface area contributed by atoms with Crippen LogP contribution in [0.3, 0.4) is 0 Å². The van der Waals surface area contributed by atoms with E-state index in [4.69, 9.17) is 0 Å². The third kappa shape index (κ3) is 1.12. The van der Waals surface area contributed by atoms with E-state index in [2.05, 4.69) is 10.6 Å². The fourth-order valence-corrected chi connectivity index (χ4v) is 0.669. The minimum Gasteiger partial charge on any atom is -0.327 e. The Morgan fingerprint density at radius 3 is 2.20 bits per heavy atom. The molecule has 1 heterocycles. The van der Waals surface area contributed by atoms with Gasteiger partial charge in [-0.15, -0.1) is 0 Å². The minimum atomic E-state index is -0.694. The standard InChI is InChI=1S/C5H5N2O3/c8-2-1-3-6-4(9)5(10)7-3/h3H,1H2,(H,6,9)(H,7,10). The topological polar surface area (TPSA) is 75.3 Å². The second-order valence-electron chi connectivity index (χ2n) is 1.85. The van der Waals surface area contributed by atoms with Crippen LogP contribution >= 0.6 is 0 Å². The molecule has 1 saturated heterocycles. The average Bonchev–Trinajstić information content (AvgIpc) is 2.14. The van der Waals surface area contributed by atoms with Gasteiger partial charge in [-0.2, -0.15) is 0 Å². The van der Waals surface area contributed by atoms with Gasteiger partial charge in [-0.05, 0) is 0 Å². The van der Waals surface area contributed by atoms with E-state index in [9.17, 15) is 14.4 Å². The van der Waals surface area contributed by atoms with E-state index in [1.807, 2.05) is 0 Å². The summed E-state index contributed by atoms with van der Waals surface area (Å²) in [4.78, 5) is 30.6. The lowest BCUT2D eigenvalue weighted by Crippen LogP contribution is -2.32. The summed E-state index contributed by atoms with van der Waals surface area (Å²) in [5.41, 5.74) is 0. The summed E-state index contributed by atoms with van der Waals surface area (Å²) < 4.78 is 0. The first kappa shape index (κ1) is 6.73. The molecule has 1 aliphatic heterocycles. The lowest BCUT2D eigenvalue weighted by atomic mass is 10.4. The van der Waals surface area contributed by atoms with Gasteiger partial charge in [0.1, 0.15) is 6.17 Å². The molecule has 0 aliphatic carbocycles. The van der Waals surface area contributed by atoms with Crippen molar-refractivity contribution in [2.75, 3.05) is 0 Å². The summed E-state index contributed by atoms with van der Waals surface area (Å²) in [5, 5.41) is 4.48. The third-order valence-corrected chi connectivity index (χ3v) is 1.10. The van der Waals surface area contributed by atoms with Crippen LogP contribution in [0.15, 0.2) is 0 Å². The zero-order valence-electron chi connectivity index (χ0n) is 5.01. The maximum absolute atomic E-state index is 10.4. The van der Waals surface area contributed by atoms with Crippen LogP contribution in [0.1, 0.15) is 6.42 Å². The van der Waals surface area contributed by atoms with Gasteiger partial charge in [-0.25, -0.2) is 0 Å². The van der Waals surface area contributed by atoms with Crippen molar-refractivity contribution in [2.45, 2.75) is 12.6 Å². The van der Waals surface area contributed by atoms with Crippen LogP contribution < -0.4 is 10.6 Å². The summed E-state index contributed by atoms with van der Waals surface area (Å²) in [6, 6.07) is 0. The van der Waals surface area contributed by atoms with Gasteiger partial charge in [0.15, 0.2) is 0 Å². The molecule has 0 aromatic heterocycles. The molecule has 0 spiro atoms. The largest absolute Gasteiger partial charge is 0.327 e. The predicted molar refractivity (Wildman–Crippen MR) is 30.4 cm³/mol. The highest BCUT2D eigenvalue weighted by atomic mass is 16.2. The smallest absolute Gasteiger partial charge is 0.310 e. The van der Waals surface area contributed by atoms with Crippen LogP contribution in [0.2, 0.25) is 0 Å². The van der Waals surface area contributed by atoms with Crippen LogP contribution in [0.4, 0.5) is 0 Å². The van der Waals surface area contributed by atoms with Gasteiger partial charge in [0.05, 0.1) is 6.42 Å². The predicted octanol–water partition coefficient (Wildman–Crippen LogP) is -1.94. The van der Waals surface area contributed by atoms with Crippen LogP contribution in [0.25, 0.3) is 0 Å². The number of rotatable bonds is 2.